The highest BCUT2D eigenvalue weighted by Gasteiger charge is 2.46. The average molecular weight is 297 g/mol. The molecule has 1 N–H and O–H groups in total. The van der Waals surface area contributed by atoms with Crippen LogP contribution in [0, 0.1) is 29.6 Å². The molecular weight excluding hydrogens is 274 g/mol. The van der Waals surface area contributed by atoms with Crippen LogP contribution in [0.2, 0.25) is 0 Å². The van der Waals surface area contributed by atoms with Gasteiger partial charge in [-0.25, -0.2) is 0 Å². The molecule has 1 saturated heterocycles. The number of nitrogens with zero attached hydrogens (tertiary/aromatic N) is 1. The Balaban J connectivity index is 2.07. The number of carbonyl (C=O) groups is 3. The monoisotopic (exact) mass is 297 g/mol. The lowest BCUT2D eigenvalue weighted by Crippen LogP contribution is -2.38. The zero-order valence-electron chi connectivity index (χ0n) is 12.7. The maximum Gasteiger partial charge on any atom is 0.310 e. The van der Waals surface area contributed by atoms with E-state index in [-0.39, 0.29) is 29.6 Å². The van der Waals surface area contributed by atoms with Gasteiger partial charge in [0, 0.05) is 13.1 Å². The Morgan fingerprint density at radius 3 is 2.24 bits per heavy atom. The molecule has 1 aliphatic heterocycles. The maximum atomic E-state index is 12.6. The normalized spacial score (nSPS) is 35.8. The van der Waals surface area contributed by atoms with E-state index in [1.54, 1.807) is 4.90 Å². The minimum atomic E-state index is -0.894. The van der Waals surface area contributed by atoms with Crippen molar-refractivity contribution in [3.63, 3.8) is 0 Å². The third kappa shape index (κ3) is 3.04. The van der Waals surface area contributed by atoms with Crippen LogP contribution >= 0.6 is 0 Å². The van der Waals surface area contributed by atoms with Crippen LogP contribution in [0.4, 0.5) is 0 Å². The van der Waals surface area contributed by atoms with Crippen molar-refractivity contribution >= 4 is 17.8 Å². The van der Waals surface area contributed by atoms with Gasteiger partial charge in [0.05, 0.1) is 24.9 Å². The first-order chi connectivity index (χ1) is 9.85. The summed E-state index contributed by atoms with van der Waals surface area (Å²) >= 11 is 0. The number of carboxylic acid groups (broad SMARTS) is 1. The lowest BCUT2D eigenvalue weighted by atomic mass is 9.95. The van der Waals surface area contributed by atoms with Crippen molar-refractivity contribution in [2.24, 2.45) is 29.6 Å². The molecule has 6 nitrogen and oxygen atoms in total. The number of ether oxygens (including phenoxy) is 1. The molecule has 5 atom stereocenters. The van der Waals surface area contributed by atoms with Crippen LogP contribution in [-0.4, -0.2) is 48.1 Å². The fourth-order valence-electron chi connectivity index (χ4n) is 3.68. The molecule has 0 spiro atoms. The second-order valence-corrected chi connectivity index (χ2v) is 6.48. The van der Waals surface area contributed by atoms with Gasteiger partial charge in [-0.1, -0.05) is 13.8 Å². The first kappa shape index (κ1) is 15.8. The van der Waals surface area contributed by atoms with Gasteiger partial charge in [-0.15, -0.1) is 0 Å². The van der Waals surface area contributed by atoms with E-state index in [9.17, 15) is 19.5 Å². The summed E-state index contributed by atoms with van der Waals surface area (Å²) in [5.74, 6) is -2.38. The van der Waals surface area contributed by atoms with Crippen molar-refractivity contribution in [3.8, 4) is 0 Å². The molecule has 2 rings (SSSR count). The molecule has 118 valence electrons. The first-order valence-corrected chi connectivity index (χ1v) is 7.44. The largest absolute Gasteiger partial charge is 0.481 e. The molecule has 1 heterocycles. The number of methoxy groups -OCH3 is 1. The van der Waals surface area contributed by atoms with Crippen molar-refractivity contribution in [1.82, 2.24) is 4.90 Å². The molecular formula is C15H23NO5. The van der Waals surface area contributed by atoms with E-state index < -0.39 is 17.8 Å². The summed E-state index contributed by atoms with van der Waals surface area (Å²) in [6.07, 6.45) is 1.17. The number of aliphatic carboxylic acids is 1. The predicted octanol–water partition coefficient (Wildman–Crippen LogP) is 1.00. The van der Waals surface area contributed by atoms with Crippen molar-refractivity contribution in [2.45, 2.75) is 26.7 Å². The van der Waals surface area contributed by atoms with E-state index in [4.69, 9.17) is 4.74 Å². The number of esters is 1. The van der Waals surface area contributed by atoms with E-state index in [0.717, 1.165) is 0 Å². The molecule has 21 heavy (non-hydrogen) atoms. The van der Waals surface area contributed by atoms with Crippen molar-refractivity contribution in [2.75, 3.05) is 20.2 Å². The number of carboxylic acids is 1. The van der Waals surface area contributed by atoms with Crippen molar-refractivity contribution in [3.05, 3.63) is 0 Å². The molecule has 2 aliphatic rings. The molecule has 0 bridgehead atoms. The predicted molar refractivity (Wildman–Crippen MR) is 74.3 cm³/mol. The summed E-state index contributed by atoms with van der Waals surface area (Å²) in [7, 11) is 1.35. The van der Waals surface area contributed by atoms with Gasteiger partial charge in [0.2, 0.25) is 5.91 Å². The summed E-state index contributed by atoms with van der Waals surface area (Å²) in [5, 5.41) is 9.28. The third-order valence-electron chi connectivity index (χ3n) is 4.86. The Kier molecular flexibility index (Phi) is 4.54. The van der Waals surface area contributed by atoms with Crippen LogP contribution < -0.4 is 0 Å². The summed E-state index contributed by atoms with van der Waals surface area (Å²) in [6.45, 7) is 4.73. The number of carbonyl (C=O) groups excluding carboxylic acids is 2. The van der Waals surface area contributed by atoms with Crippen LogP contribution in [0.1, 0.15) is 26.7 Å². The molecule has 1 amide bonds. The fraction of sp³-hybridized carbons (Fsp3) is 0.800. The molecule has 6 heteroatoms. The Morgan fingerprint density at radius 1 is 1.05 bits per heavy atom. The standard InChI is InChI=1S/C15H23NO5/c1-8-4-10(11(5-8)14(18)19)13(17)16-6-9(2)12(7-16)15(20)21-3/h8-12H,4-7H2,1-3H3,(H,18,19)/t8?,9?,10-,11+,12?/m0/s1. The minimum Gasteiger partial charge on any atom is -0.481 e. The van der Waals surface area contributed by atoms with Crippen LogP contribution in [-0.2, 0) is 19.1 Å². The number of hydrogen-bond acceptors (Lipinski definition) is 4. The van der Waals surface area contributed by atoms with Crippen molar-refractivity contribution < 1.29 is 24.2 Å². The van der Waals surface area contributed by atoms with Gasteiger partial charge in [-0.05, 0) is 24.7 Å². The van der Waals surface area contributed by atoms with E-state index >= 15 is 0 Å². The lowest BCUT2D eigenvalue weighted by Gasteiger charge is -2.23. The van der Waals surface area contributed by atoms with Gasteiger partial charge >= 0.3 is 11.9 Å². The van der Waals surface area contributed by atoms with Crippen molar-refractivity contribution in [1.29, 1.82) is 0 Å². The Labute approximate surface area is 124 Å². The van der Waals surface area contributed by atoms with Gasteiger partial charge in [0.15, 0.2) is 0 Å². The van der Waals surface area contributed by atoms with E-state index in [0.29, 0.717) is 25.9 Å². The van der Waals surface area contributed by atoms with Crippen LogP contribution in [0.5, 0.6) is 0 Å². The fourth-order valence-corrected chi connectivity index (χ4v) is 3.68. The third-order valence-corrected chi connectivity index (χ3v) is 4.86. The first-order valence-electron chi connectivity index (χ1n) is 7.44. The van der Waals surface area contributed by atoms with Gasteiger partial charge in [-0.3, -0.25) is 14.4 Å². The highest BCUT2D eigenvalue weighted by atomic mass is 16.5. The molecule has 1 aliphatic carbocycles. The topological polar surface area (TPSA) is 83.9 Å². The SMILES string of the molecule is COC(=O)C1CN(C(=O)[C@H]2CC(C)C[C@H]2C(=O)O)CC1C. The second-order valence-electron chi connectivity index (χ2n) is 6.48. The van der Waals surface area contributed by atoms with Crippen LogP contribution in [0.25, 0.3) is 0 Å². The molecule has 0 aromatic heterocycles. The molecule has 0 aromatic carbocycles. The Bertz CT molecular complexity index is 449. The molecule has 3 unspecified atom stereocenters. The molecule has 0 radical (unpaired) electrons. The zero-order chi connectivity index (χ0) is 15.7. The zero-order valence-corrected chi connectivity index (χ0v) is 12.7. The van der Waals surface area contributed by atoms with E-state index in [1.165, 1.54) is 7.11 Å². The lowest BCUT2D eigenvalue weighted by molar-refractivity contribution is -0.149. The highest BCUT2D eigenvalue weighted by Crippen LogP contribution is 2.38. The van der Waals surface area contributed by atoms with Gasteiger partial charge in [0.1, 0.15) is 0 Å². The van der Waals surface area contributed by atoms with Gasteiger partial charge < -0.3 is 14.7 Å². The summed E-state index contributed by atoms with van der Waals surface area (Å²) in [6, 6.07) is 0. The number of amides is 1. The Hall–Kier alpha value is -1.59. The number of hydrogen-bond donors (Lipinski definition) is 1. The van der Waals surface area contributed by atoms with E-state index in [1.807, 2.05) is 13.8 Å². The van der Waals surface area contributed by atoms with Crippen LogP contribution in [0.15, 0.2) is 0 Å². The second kappa shape index (κ2) is 6.03. The van der Waals surface area contributed by atoms with Gasteiger partial charge in [-0.2, -0.15) is 0 Å². The van der Waals surface area contributed by atoms with Gasteiger partial charge in [0.25, 0.3) is 0 Å². The molecule has 2 fully saturated rings. The number of likely N-dealkylation sites (tertiary alicyclic amines) is 1. The molecule has 0 aromatic rings. The highest BCUT2D eigenvalue weighted by molar-refractivity contribution is 5.86. The number of rotatable bonds is 3. The smallest absolute Gasteiger partial charge is 0.310 e. The average Bonchev–Trinajstić information content (AvgIpc) is 3.00. The quantitative estimate of drug-likeness (QED) is 0.786. The van der Waals surface area contributed by atoms with Crippen LogP contribution in [0.3, 0.4) is 0 Å². The summed E-state index contributed by atoms with van der Waals surface area (Å²) in [4.78, 5) is 37.3. The molecule has 1 saturated carbocycles. The minimum absolute atomic E-state index is 0.0449. The maximum absolute atomic E-state index is 12.6. The Morgan fingerprint density at radius 2 is 1.67 bits per heavy atom. The summed E-state index contributed by atoms with van der Waals surface area (Å²) < 4.78 is 4.76. The summed E-state index contributed by atoms with van der Waals surface area (Å²) in [5.41, 5.74) is 0. The van der Waals surface area contributed by atoms with E-state index in [2.05, 4.69) is 0 Å².